The van der Waals surface area contributed by atoms with E-state index in [0.29, 0.717) is 0 Å². The van der Waals surface area contributed by atoms with Gasteiger partial charge in [-0.25, -0.2) is 0 Å². The van der Waals surface area contributed by atoms with Crippen LogP contribution in [0.25, 0.3) is 5.70 Å². The van der Waals surface area contributed by atoms with Crippen LogP contribution in [0.5, 0.6) is 0 Å². The van der Waals surface area contributed by atoms with Gasteiger partial charge in [0.15, 0.2) is 0 Å². The summed E-state index contributed by atoms with van der Waals surface area (Å²) in [6.07, 6.45) is 2.24. The molecule has 1 aliphatic heterocycles. The van der Waals surface area contributed by atoms with Gasteiger partial charge < -0.3 is 5.32 Å². The summed E-state index contributed by atoms with van der Waals surface area (Å²) in [5.74, 6) is 0. The van der Waals surface area contributed by atoms with Crippen molar-refractivity contribution in [2.75, 3.05) is 0 Å². The molecule has 94 valence electrons. The third-order valence-electron chi connectivity index (χ3n) is 3.00. The molecule has 0 radical (unpaired) electrons. The van der Waals surface area contributed by atoms with Crippen molar-refractivity contribution in [1.29, 1.82) is 0 Å². The first-order valence-corrected chi connectivity index (χ1v) is 7.41. The average Bonchev–Trinajstić information content (AvgIpc) is 2.48. The minimum Gasteiger partial charge on any atom is -0.341 e. The van der Waals surface area contributed by atoms with Gasteiger partial charge in [0.2, 0.25) is 0 Å². The van der Waals surface area contributed by atoms with Crippen molar-refractivity contribution in [3.8, 4) is 0 Å². The van der Waals surface area contributed by atoms with E-state index in [9.17, 15) is 0 Å². The Balaban J connectivity index is 1.97. The van der Waals surface area contributed by atoms with Crippen LogP contribution < -0.4 is 5.32 Å². The molecule has 2 aromatic rings. The summed E-state index contributed by atoms with van der Waals surface area (Å²) in [7, 11) is 0. The maximum absolute atomic E-state index is 5.37. The molecule has 1 heterocycles. The van der Waals surface area contributed by atoms with Crippen LogP contribution in [0.1, 0.15) is 16.4 Å². The second kappa shape index (κ2) is 5.59. The predicted octanol–water partition coefficient (Wildman–Crippen LogP) is 4.39. The quantitative estimate of drug-likeness (QED) is 0.821. The number of thiocarbonyl (C=S) groups is 1. The highest BCUT2D eigenvalue weighted by Gasteiger charge is 2.19. The Morgan fingerprint density at radius 2 is 1.53 bits per heavy atom. The standard InChI is InChI=1S/C16H13NS2/c18-16-17-14(12-7-3-1-4-8-12)11-15(19-16)13-9-5-2-6-10-13/h1-11,15H,(H,17,18)/t15-/m1/s1. The molecule has 2 aromatic carbocycles. The Labute approximate surface area is 122 Å². The van der Waals surface area contributed by atoms with Gasteiger partial charge in [-0.3, -0.25) is 0 Å². The smallest absolute Gasteiger partial charge is 0.139 e. The molecule has 3 rings (SSSR count). The molecule has 0 saturated carbocycles. The van der Waals surface area contributed by atoms with E-state index in [1.54, 1.807) is 11.8 Å². The van der Waals surface area contributed by atoms with Gasteiger partial charge in [0.05, 0.1) is 5.25 Å². The lowest BCUT2D eigenvalue weighted by molar-refractivity contribution is 1.19. The van der Waals surface area contributed by atoms with Gasteiger partial charge in [0, 0.05) is 5.70 Å². The molecule has 0 spiro atoms. The molecule has 0 saturated heterocycles. The Bertz CT molecular complexity index is 605. The minimum absolute atomic E-state index is 0.283. The first-order chi connectivity index (χ1) is 9.33. The number of hydrogen-bond acceptors (Lipinski definition) is 2. The van der Waals surface area contributed by atoms with Crippen LogP contribution in [0.15, 0.2) is 66.7 Å². The van der Waals surface area contributed by atoms with E-state index < -0.39 is 0 Å². The van der Waals surface area contributed by atoms with E-state index in [1.807, 2.05) is 24.3 Å². The molecule has 1 atom stereocenters. The number of thioether (sulfide) groups is 1. The molecule has 19 heavy (non-hydrogen) atoms. The van der Waals surface area contributed by atoms with Gasteiger partial charge in [-0.1, -0.05) is 84.6 Å². The van der Waals surface area contributed by atoms with Gasteiger partial charge in [-0.2, -0.15) is 0 Å². The molecular weight excluding hydrogens is 270 g/mol. The number of rotatable bonds is 2. The molecule has 1 nitrogen and oxygen atoms in total. The van der Waals surface area contributed by atoms with Crippen LogP contribution in [0, 0.1) is 0 Å². The molecule has 0 aliphatic carbocycles. The van der Waals surface area contributed by atoms with Gasteiger partial charge in [0.25, 0.3) is 0 Å². The van der Waals surface area contributed by atoms with Crippen molar-refractivity contribution in [2.24, 2.45) is 0 Å². The lowest BCUT2D eigenvalue weighted by Gasteiger charge is -2.23. The monoisotopic (exact) mass is 283 g/mol. The van der Waals surface area contributed by atoms with Crippen LogP contribution in [0.4, 0.5) is 0 Å². The fraction of sp³-hybridized carbons (Fsp3) is 0.0625. The van der Waals surface area contributed by atoms with E-state index in [-0.39, 0.29) is 5.25 Å². The van der Waals surface area contributed by atoms with E-state index in [4.69, 9.17) is 12.2 Å². The van der Waals surface area contributed by atoms with E-state index in [2.05, 4.69) is 47.8 Å². The maximum Gasteiger partial charge on any atom is 0.139 e. The van der Waals surface area contributed by atoms with Crippen LogP contribution >= 0.6 is 24.0 Å². The highest BCUT2D eigenvalue weighted by atomic mass is 32.2. The molecule has 0 amide bonds. The summed E-state index contributed by atoms with van der Waals surface area (Å²) < 4.78 is 0.829. The van der Waals surface area contributed by atoms with Crippen LogP contribution in [0.2, 0.25) is 0 Å². The van der Waals surface area contributed by atoms with Crippen LogP contribution in [-0.4, -0.2) is 4.32 Å². The van der Waals surface area contributed by atoms with Crippen molar-refractivity contribution in [3.05, 3.63) is 77.9 Å². The SMILES string of the molecule is S=C1NC(c2ccccc2)=C[C@H](c2ccccc2)S1. The third-order valence-corrected chi connectivity index (χ3v) is 4.37. The molecule has 0 aromatic heterocycles. The van der Waals surface area contributed by atoms with Gasteiger partial charge >= 0.3 is 0 Å². The van der Waals surface area contributed by atoms with Crippen molar-refractivity contribution >= 4 is 34.0 Å². The maximum atomic E-state index is 5.37. The summed E-state index contributed by atoms with van der Waals surface area (Å²) in [4.78, 5) is 0. The zero-order valence-corrected chi connectivity index (χ0v) is 11.9. The summed E-state index contributed by atoms with van der Waals surface area (Å²) in [6, 6.07) is 20.8. The fourth-order valence-corrected chi connectivity index (χ4v) is 3.39. The first-order valence-electron chi connectivity index (χ1n) is 6.13. The zero-order valence-electron chi connectivity index (χ0n) is 10.2. The van der Waals surface area contributed by atoms with Gasteiger partial charge in [-0.15, -0.1) is 0 Å². The number of hydrogen-bond donors (Lipinski definition) is 1. The lowest BCUT2D eigenvalue weighted by atomic mass is 10.1. The van der Waals surface area contributed by atoms with E-state index >= 15 is 0 Å². The highest BCUT2D eigenvalue weighted by Crippen LogP contribution is 2.36. The van der Waals surface area contributed by atoms with Crippen molar-refractivity contribution in [3.63, 3.8) is 0 Å². The Kier molecular flexibility index (Phi) is 3.67. The Morgan fingerprint density at radius 3 is 2.21 bits per heavy atom. The van der Waals surface area contributed by atoms with E-state index in [0.717, 1.165) is 10.0 Å². The normalized spacial score (nSPS) is 18.6. The van der Waals surface area contributed by atoms with Crippen molar-refractivity contribution < 1.29 is 0 Å². The minimum atomic E-state index is 0.283. The highest BCUT2D eigenvalue weighted by molar-refractivity contribution is 8.23. The molecular formula is C16H13NS2. The third kappa shape index (κ3) is 2.88. The van der Waals surface area contributed by atoms with Gasteiger partial charge in [-0.05, 0) is 17.2 Å². The lowest BCUT2D eigenvalue weighted by Crippen LogP contribution is -2.22. The number of benzene rings is 2. The molecule has 1 aliphatic rings. The van der Waals surface area contributed by atoms with Crippen LogP contribution in [-0.2, 0) is 0 Å². The van der Waals surface area contributed by atoms with Crippen molar-refractivity contribution in [1.82, 2.24) is 5.32 Å². The van der Waals surface area contributed by atoms with E-state index in [1.165, 1.54) is 11.1 Å². The molecule has 1 N–H and O–H groups in total. The summed E-state index contributed by atoms with van der Waals surface area (Å²) >= 11 is 7.05. The summed E-state index contributed by atoms with van der Waals surface area (Å²) in [6.45, 7) is 0. The topological polar surface area (TPSA) is 12.0 Å². The average molecular weight is 283 g/mol. The summed E-state index contributed by atoms with van der Waals surface area (Å²) in [5, 5.41) is 3.57. The first kappa shape index (κ1) is 12.5. The predicted molar refractivity (Wildman–Crippen MR) is 86.9 cm³/mol. The molecule has 0 bridgehead atoms. The Hall–Kier alpha value is -1.58. The van der Waals surface area contributed by atoms with Gasteiger partial charge in [0.1, 0.15) is 4.32 Å². The number of nitrogens with one attached hydrogen (secondary N) is 1. The zero-order chi connectivity index (χ0) is 13.1. The second-order valence-corrected chi connectivity index (χ2v) is 6.13. The molecule has 3 heteroatoms. The molecule has 0 fully saturated rings. The van der Waals surface area contributed by atoms with Crippen LogP contribution in [0.3, 0.4) is 0 Å². The molecule has 0 unspecified atom stereocenters. The second-order valence-electron chi connectivity index (χ2n) is 4.31. The summed E-state index contributed by atoms with van der Waals surface area (Å²) in [5.41, 5.74) is 3.55. The van der Waals surface area contributed by atoms with Crippen molar-refractivity contribution in [2.45, 2.75) is 5.25 Å². The Morgan fingerprint density at radius 1 is 0.895 bits per heavy atom. The fourth-order valence-electron chi connectivity index (χ4n) is 2.07. The largest absolute Gasteiger partial charge is 0.341 e.